The number of hydrogen-bond donors (Lipinski definition) is 0. The van der Waals surface area contributed by atoms with Gasteiger partial charge >= 0.3 is 6.36 Å². The van der Waals surface area contributed by atoms with E-state index in [4.69, 9.17) is 0 Å². The predicted octanol–water partition coefficient (Wildman–Crippen LogP) is 2.57. The molecule has 7 heteroatoms. The summed E-state index contributed by atoms with van der Waals surface area (Å²) in [7, 11) is 0. The second-order valence-electron chi connectivity index (χ2n) is 3.27. The molecule has 1 unspecified atom stereocenters. The fraction of sp³-hybridized carbons (Fsp3) is 0.333. The van der Waals surface area contributed by atoms with Crippen LogP contribution in [0.2, 0.25) is 0 Å². The molecule has 0 aromatic carbocycles. The number of nitro groups is 1. The summed E-state index contributed by atoms with van der Waals surface area (Å²) >= 11 is 0. The van der Waals surface area contributed by atoms with E-state index >= 15 is 0 Å². The summed E-state index contributed by atoms with van der Waals surface area (Å²) in [6.45, 7) is 1.16. The minimum atomic E-state index is -4.80. The lowest BCUT2D eigenvalue weighted by atomic mass is 10.1. The largest absolute Gasteiger partial charge is 0.523 e. The second-order valence-corrected chi connectivity index (χ2v) is 3.27. The molecule has 0 saturated heterocycles. The van der Waals surface area contributed by atoms with Gasteiger partial charge < -0.3 is 0 Å². The number of halogens is 3. The zero-order chi connectivity index (χ0) is 12.4. The van der Waals surface area contributed by atoms with Gasteiger partial charge in [0.25, 0.3) is 5.70 Å². The number of ether oxygens (including phenoxy) is 1. The Hall–Kier alpha value is -1.63. The molecule has 4 nitrogen and oxygen atoms in total. The summed E-state index contributed by atoms with van der Waals surface area (Å²) in [6, 6.07) is 0. The zero-order valence-electron chi connectivity index (χ0n) is 8.19. The van der Waals surface area contributed by atoms with Crippen molar-refractivity contribution in [3.8, 4) is 0 Å². The fourth-order valence-electron chi connectivity index (χ4n) is 1.14. The number of hydrogen-bond acceptors (Lipinski definition) is 3. The molecule has 1 aliphatic carbocycles. The molecule has 0 fully saturated rings. The first-order chi connectivity index (χ1) is 7.22. The molecule has 0 amide bonds. The summed E-state index contributed by atoms with van der Waals surface area (Å²) < 4.78 is 39.9. The number of rotatable bonds is 2. The molecule has 0 aromatic heterocycles. The van der Waals surface area contributed by atoms with E-state index in [9.17, 15) is 23.3 Å². The van der Waals surface area contributed by atoms with Gasteiger partial charge in [-0.3, -0.25) is 14.9 Å². The van der Waals surface area contributed by atoms with Crippen LogP contribution in [0, 0.1) is 10.1 Å². The lowest BCUT2D eigenvalue weighted by molar-refractivity contribution is -0.419. The number of nitrogens with zero attached hydrogens (tertiary/aromatic N) is 1. The van der Waals surface area contributed by atoms with E-state index in [1.807, 2.05) is 0 Å². The lowest BCUT2D eigenvalue weighted by Gasteiger charge is -2.23. The highest BCUT2D eigenvalue weighted by Gasteiger charge is 2.38. The topological polar surface area (TPSA) is 52.4 Å². The van der Waals surface area contributed by atoms with E-state index < -0.39 is 16.9 Å². The maximum absolute atomic E-state index is 12.0. The Balaban J connectivity index is 2.90. The summed E-state index contributed by atoms with van der Waals surface area (Å²) in [6.07, 6.45) is 0.506. The molecule has 16 heavy (non-hydrogen) atoms. The Labute approximate surface area is 88.8 Å². The molecule has 0 spiro atoms. The standard InChI is InChI=1S/C9H8F3NO3/c1-8(16-9(10,11)12)5-2-3-7(4-6-8)13(14)15/h2-6H,1H3. The molecule has 88 valence electrons. The summed E-state index contributed by atoms with van der Waals surface area (Å²) in [5.41, 5.74) is -2.03. The van der Waals surface area contributed by atoms with Crippen molar-refractivity contribution in [1.29, 1.82) is 0 Å². The van der Waals surface area contributed by atoms with Crippen LogP contribution in [-0.4, -0.2) is 16.9 Å². The van der Waals surface area contributed by atoms with Crippen LogP contribution < -0.4 is 0 Å². The van der Waals surface area contributed by atoms with Crippen molar-refractivity contribution in [2.24, 2.45) is 0 Å². The molecule has 1 atom stereocenters. The molecule has 0 aromatic rings. The van der Waals surface area contributed by atoms with E-state index in [0.29, 0.717) is 0 Å². The van der Waals surface area contributed by atoms with Crippen molar-refractivity contribution < 1.29 is 22.8 Å². The van der Waals surface area contributed by atoms with Gasteiger partial charge in [0.1, 0.15) is 5.60 Å². The van der Waals surface area contributed by atoms with Crippen LogP contribution in [0.25, 0.3) is 0 Å². The Morgan fingerprint density at radius 1 is 1.44 bits per heavy atom. The van der Waals surface area contributed by atoms with Gasteiger partial charge in [0.2, 0.25) is 0 Å². The van der Waals surface area contributed by atoms with Crippen LogP contribution in [0.4, 0.5) is 13.2 Å². The van der Waals surface area contributed by atoms with Crippen LogP contribution in [0.1, 0.15) is 6.92 Å². The number of alkyl halides is 3. The third-order valence-electron chi connectivity index (χ3n) is 1.83. The minimum absolute atomic E-state index is 0.300. The highest BCUT2D eigenvalue weighted by atomic mass is 19.4. The Kier molecular flexibility index (Phi) is 3.18. The highest BCUT2D eigenvalue weighted by Crippen LogP contribution is 2.28. The van der Waals surface area contributed by atoms with Crippen molar-refractivity contribution in [3.05, 3.63) is 46.2 Å². The monoisotopic (exact) mass is 235 g/mol. The van der Waals surface area contributed by atoms with Crippen molar-refractivity contribution in [1.82, 2.24) is 0 Å². The van der Waals surface area contributed by atoms with Gasteiger partial charge in [-0.2, -0.15) is 0 Å². The lowest BCUT2D eigenvalue weighted by Crippen LogP contribution is -2.31. The second kappa shape index (κ2) is 4.09. The van der Waals surface area contributed by atoms with Gasteiger partial charge in [-0.1, -0.05) is 6.08 Å². The van der Waals surface area contributed by atoms with Crippen molar-refractivity contribution in [3.63, 3.8) is 0 Å². The fourth-order valence-corrected chi connectivity index (χ4v) is 1.14. The molecule has 0 saturated carbocycles. The average molecular weight is 235 g/mol. The molecule has 0 N–H and O–H groups in total. The summed E-state index contributed by atoms with van der Waals surface area (Å²) in [4.78, 5) is 9.70. The maximum atomic E-state index is 12.0. The van der Waals surface area contributed by atoms with Gasteiger partial charge in [0, 0.05) is 12.2 Å². The van der Waals surface area contributed by atoms with Gasteiger partial charge in [-0.15, -0.1) is 13.2 Å². The van der Waals surface area contributed by atoms with E-state index in [2.05, 4.69) is 4.74 Å². The Morgan fingerprint density at radius 2 is 2.06 bits per heavy atom. The number of allylic oxidation sites excluding steroid dienone is 3. The normalized spacial score (nSPS) is 25.1. The molecule has 0 bridgehead atoms. The molecule has 0 aliphatic heterocycles. The maximum Gasteiger partial charge on any atom is 0.523 e. The first-order valence-corrected chi connectivity index (χ1v) is 4.22. The quantitative estimate of drug-likeness (QED) is 0.546. The summed E-state index contributed by atoms with van der Waals surface area (Å²) in [5, 5.41) is 10.4. The van der Waals surface area contributed by atoms with Crippen LogP contribution in [0.3, 0.4) is 0 Å². The first kappa shape index (κ1) is 12.4. The van der Waals surface area contributed by atoms with Crippen molar-refractivity contribution >= 4 is 0 Å². The smallest absolute Gasteiger partial charge is 0.277 e. The van der Waals surface area contributed by atoms with Crippen LogP contribution >= 0.6 is 0 Å². The van der Waals surface area contributed by atoms with Crippen LogP contribution in [-0.2, 0) is 4.74 Å². The van der Waals surface area contributed by atoms with Gasteiger partial charge in [-0.25, -0.2) is 0 Å². The Bertz CT molecular complexity index is 384. The van der Waals surface area contributed by atoms with Gasteiger partial charge in [0.15, 0.2) is 0 Å². The van der Waals surface area contributed by atoms with Crippen LogP contribution in [0.5, 0.6) is 0 Å². The molecular weight excluding hydrogens is 227 g/mol. The van der Waals surface area contributed by atoms with Gasteiger partial charge in [-0.05, 0) is 19.1 Å². The molecule has 0 heterocycles. The SMILES string of the molecule is CC1(OC(F)(F)F)C=CC=C([N+](=O)[O-])C=C1. The Morgan fingerprint density at radius 3 is 2.56 bits per heavy atom. The van der Waals surface area contributed by atoms with E-state index in [0.717, 1.165) is 37.3 Å². The van der Waals surface area contributed by atoms with Crippen molar-refractivity contribution in [2.45, 2.75) is 18.9 Å². The van der Waals surface area contributed by atoms with Crippen LogP contribution in [0.15, 0.2) is 36.1 Å². The molecular formula is C9H8F3NO3. The zero-order valence-corrected chi connectivity index (χ0v) is 8.19. The average Bonchev–Trinajstić information content (AvgIpc) is 2.23. The van der Waals surface area contributed by atoms with Crippen molar-refractivity contribution in [2.75, 3.05) is 0 Å². The first-order valence-electron chi connectivity index (χ1n) is 4.22. The third kappa shape index (κ3) is 3.50. The molecule has 0 radical (unpaired) electrons. The highest BCUT2D eigenvalue weighted by molar-refractivity contribution is 5.29. The molecule has 1 aliphatic rings. The van der Waals surface area contributed by atoms with Gasteiger partial charge in [0.05, 0.1) is 4.92 Å². The summed E-state index contributed by atoms with van der Waals surface area (Å²) in [5.74, 6) is 0. The third-order valence-corrected chi connectivity index (χ3v) is 1.83. The van der Waals surface area contributed by atoms with E-state index in [1.54, 1.807) is 0 Å². The van der Waals surface area contributed by atoms with E-state index in [1.165, 1.54) is 0 Å². The van der Waals surface area contributed by atoms with E-state index in [-0.39, 0.29) is 5.70 Å². The predicted molar refractivity (Wildman–Crippen MR) is 48.9 cm³/mol. The minimum Gasteiger partial charge on any atom is -0.277 e. The molecule has 1 rings (SSSR count).